The number of rotatable bonds is 5. The van der Waals surface area contributed by atoms with E-state index in [4.69, 9.17) is 10.8 Å². The van der Waals surface area contributed by atoms with Gasteiger partial charge in [-0.25, -0.2) is 0 Å². The van der Waals surface area contributed by atoms with Crippen LogP contribution >= 0.6 is 0 Å². The van der Waals surface area contributed by atoms with Crippen LogP contribution in [0.2, 0.25) is 0 Å². The van der Waals surface area contributed by atoms with Crippen LogP contribution in [0.3, 0.4) is 0 Å². The summed E-state index contributed by atoms with van der Waals surface area (Å²) in [6.07, 6.45) is 2.41. The third kappa shape index (κ3) is 3.87. The van der Waals surface area contributed by atoms with Crippen LogP contribution in [-0.4, -0.2) is 23.2 Å². The highest BCUT2D eigenvalue weighted by Gasteiger charge is 1.93. The lowest BCUT2D eigenvalue weighted by atomic mass is 10.3. The van der Waals surface area contributed by atoms with E-state index in [9.17, 15) is 0 Å². The van der Waals surface area contributed by atoms with Gasteiger partial charge in [-0.05, 0) is 31.6 Å². The fraction of sp³-hybridized carbons (Fsp3) is 0.444. The van der Waals surface area contributed by atoms with Gasteiger partial charge in [-0.3, -0.25) is 4.98 Å². The maximum Gasteiger partial charge on any atom is 0.133 e. The van der Waals surface area contributed by atoms with Gasteiger partial charge in [0.2, 0.25) is 0 Å². The van der Waals surface area contributed by atoms with E-state index >= 15 is 0 Å². The Morgan fingerprint density at radius 3 is 2.92 bits per heavy atom. The molecule has 0 aliphatic rings. The van der Waals surface area contributed by atoms with Crippen molar-refractivity contribution in [3.05, 3.63) is 24.0 Å². The van der Waals surface area contributed by atoms with Crippen molar-refractivity contribution in [2.24, 2.45) is 5.73 Å². The van der Waals surface area contributed by atoms with Crippen LogP contribution in [0.25, 0.3) is 0 Å². The third-order valence-corrected chi connectivity index (χ3v) is 1.67. The smallest absolute Gasteiger partial charge is 0.133 e. The van der Waals surface area contributed by atoms with Crippen LogP contribution < -0.4 is 11.1 Å². The minimum absolute atomic E-state index is 0.200. The molecule has 0 saturated carbocycles. The number of nitrogens with one attached hydrogen (secondary N) is 1. The summed E-state index contributed by atoms with van der Waals surface area (Å²) in [6.45, 7) is 2.33. The summed E-state index contributed by atoms with van der Waals surface area (Å²) >= 11 is 0. The van der Waals surface area contributed by atoms with E-state index in [-0.39, 0.29) is 5.75 Å². The van der Waals surface area contributed by atoms with Crippen molar-refractivity contribution in [3.8, 4) is 5.75 Å². The van der Waals surface area contributed by atoms with Crippen LogP contribution in [0.15, 0.2) is 18.3 Å². The fourth-order valence-electron chi connectivity index (χ4n) is 0.965. The fourth-order valence-corrected chi connectivity index (χ4v) is 0.965. The largest absolute Gasteiger partial charge is 0.506 e. The Bertz CT molecular complexity index is 235. The van der Waals surface area contributed by atoms with Gasteiger partial charge < -0.3 is 16.2 Å². The first-order valence-corrected chi connectivity index (χ1v) is 4.37. The molecule has 0 fully saturated rings. The van der Waals surface area contributed by atoms with Crippen molar-refractivity contribution in [1.29, 1.82) is 0 Å². The molecule has 72 valence electrons. The highest BCUT2D eigenvalue weighted by atomic mass is 16.3. The van der Waals surface area contributed by atoms with Crippen LogP contribution in [0.5, 0.6) is 5.75 Å². The minimum atomic E-state index is 0.200. The molecule has 0 unspecified atom stereocenters. The van der Waals surface area contributed by atoms with Gasteiger partial charge in [0, 0.05) is 6.54 Å². The first-order valence-electron chi connectivity index (χ1n) is 4.37. The zero-order chi connectivity index (χ0) is 9.52. The SMILES string of the molecule is NCCCNCc1ccc(O)cn1. The summed E-state index contributed by atoms with van der Waals surface area (Å²) < 4.78 is 0. The molecule has 4 N–H and O–H groups in total. The van der Waals surface area contributed by atoms with Crippen molar-refractivity contribution in [1.82, 2.24) is 10.3 Å². The monoisotopic (exact) mass is 181 g/mol. The Hall–Kier alpha value is -1.13. The van der Waals surface area contributed by atoms with Gasteiger partial charge in [-0.2, -0.15) is 0 Å². The summed E-state index contributed by atoms with van der Waals surface area (Å²) in [4.78, 5) is 4.03. The van der Waals surface area contributed by atoms with Gasteiger partial charge in [0.25, 0.3) is 0 Å². The lowest BCUT2D eigenvalue weighted by Gasteiger charge is -2.02. The van der Waals surface area contributed by atoms with E-state index in [0.29, 0.717) is 6.54 Å². The second kappa shape index (κ2) is 5.50. The average Bonchev–Trinajstić information content (AvgIpc) is 2.15. The maximum atomic E-state index is 8.97. The topological polar surface area (TPSA) is 71.2 Å². The van der Waals surface area contributed by atoms with E-state index in [1.54, 1.807) is 12.1 Å². The summed E-state index contributed by atoms with van der Waals surface area (Å²) in [7, 11) is 0. The van der Waals surface area contributed by atoms with E-state index in [0.717, 1.165) is 25.2 Å². The Balaban J connectivity index is 2.25. The van der Waals surface area contributed by atoms with Crippen LogP contribution in [0.4, 0.5) is 0 Å². The van der Waals surface area contributed by atoms with Crippen molar-refractivity contribution in [2.75, 3.05) is 13.1 Å². The van der Waals surface area contributed by atoms with Crippen LogP contribution in [0.1, 0.15) is 12.1 Å². The van der Waals surface area contributed by atoms with E-state index in [1.807, 2.05) is 0 Å². The van der Waals surface area contributed by atoms with Gasteiger partial charge in [0.05, 0.1) is 11.9 Å². The predicted molar refractivity (Wildman–Crippen MR) is 51.3 cm³/mol. The van der Waals surface area contributed by atoms with Crippen LogP contribution in [0, 0.1) is 0 Å². The molecule has 1 aromatic rings. The number of nitrogens with zero attached hydrogens (tertiary/aromatic N) is 1. The molecule has 0 aromatic carbocycles. The highest BCUT2D eigenvalue weighted by molar-refractivity contribution is 5.17. The molecule has 13 heavy (non-hydrogen) atoms. The molecule has 0 spiro atoms. The minimum Gasteiger partial charge on any atom is -0.506 e. The highest BCUT2D eigenvalue weighted by Crippen LogP contribution is 2.05. The maximum absolute atomic E-state index is 8.97. The lowest BCUT2D eigenvalue weighted by molar-refractivity contribution is 0.471. The normalized spacial score (nSPS) is 10.2. The molecule has 1 heterocycles. The van der Waals surface area contributed by atoms with E-state index in [2.05, 4.69) is 10.3 Å². The molecule has 4 heteroatoms. The van der Waals surface area contributed by atoms with Crippen molar-refractivity contribution in [2.45, 2.75) is 13.0 Å². The van der Waals surface area contributed by atoms with Crippen molar-refractivity contribution < 1.29 is 5.11 Å². The molecule has 0 bridgehead atoms. The summed E-state index contributed by atoms with van der Waals surface area (Å²) in [5, 5.41) is 12.2. The zero-order valence-corrected chi connectivity index (χ0v) is 7.53. The number of aromatic nitrogens is 1. The number of nitrogens with two attached hydrogens (primary N) is 1. The van der Waals surface area contributed by atoms with Crippen molar-refractivity contribution in [3.63, 3.8) is 0 Å². The molecular weight excluding hydrogens is 166 g/mol. The molecule has 0 amide bonds. The molecule has 1 aromatic heterocycles. The van der Waals surface area contributed by atoms with Gasteiger partial charge in [-0.15, -0.1) is 0 Å². The number of pyridine rings is 1. The molecule has 0 saturated heterocycles. The predicted octanol–water partition coefficient (Wildman–Crippen LogP) is 0.226. The lowest BCUT2D eigenvalue weighted by Crippen LogP contribution is -2.18. The molecule has 0 atom stereocenters. The Morgan fingerprint density at radius 2 is 2.31 bits per heavy atom. The number of aromatic hydroxyl groups is 1. The van der Waals surface area contributed by atoms with Crippen molar-refractivity contribution >= 4 is 0 Å². The summed E-state index contributed by atoms with van der Waals surface area (Å²) in [6, 6.07) is 3.43. The van der Waals surface area contributed by atoms with Gasteiger partial charge in [0.15, 0.2) is 0 Å². The molecule has 0 aliphatic heterocycles. The van der Waals surface area contributed by atoms with Gasteiger partial charge in [0.1, 0.15) is 5.75 Å². The zero-order valence-electron chi connectivity index (χ0n) is 7.53. The molecule has 0 aliphatic carbocycles. The van der Waals surface area contributed by atoms with Crippen LogP contribution in [-0.2, 0) is 6.54 Å². The quantitative estimate of drug-likeness (QED) is 0.568. The molecular formula is C9H15N3O. The average molecular weight is 181 g/mol. The first-order chi connectivity index (χ1) is 6.33. The standard InChI is InChI=1S/C9H15N3O/c10-4-1-5-11-6-8-2-3-9(13)7-12-8/h2-3,7,11,13H,1,4-6,10H2. The van der Waals surface area contributed by atoms with E-state index < -0.39 is 0 Å². The first kappa shape index (κ1) is 9.95. The van der Waals surface area contributed by atoms with E-state index in [1.165, 1.54) is 6.20 Å². The molecule has 4 nitrogen and oxygen atoms in total. The summed E-state index contributed by atoms with van der Waals surface area (Å²) in [5.41, 5.74) is 6.26. The molecule has 0 radical (unpaired) electrons. The van der Waals surface area contributed by atoms with Gasteiger partial charge >= 0.3 is 0 Å². The summed E-state index contributed by atoms with van der Waals surface area (Å²) in [5.74, 6) is 0.200. The molecule has 1 rings (SSSR count). The second-order valence-electron chi connectivity index (χ2n) is 2.83. The Kier molecular flexibility index (Phi) is 4.21. The number of hydrogen-bond donors (Lipinski definition) is 3. The van der Waals surface area contributed by atoms with Gasteiger partial charge in [-0.1, -0.05) is 0 Å². The Labute approximate surface area is 77.8 Å². The number of hydrogen-bond acceptors (Lipinski definition) is 4. The third-order valence-electron chi connectivity index (χ3n) is 1.67. The Morgan fingerprint density at radius 1 is 1.46 bits per heavy atom. The second-order valence-corrected chi connectivity index (χ2v) is 2.83.